The Morgan fingerprint density at radius 2 is 1.56 bits per heavy atom. The van der Waals surface area contributed by atoms with Crippen molar-refractivity contribution in [3.05, 3.63) is 0 Å². The molecule has 52 heavy (non-hydrogen) atoms. The molecule has 3 aliphatic heterocycles. The van der Waals surface area contributed by atoms with E-state index in [4.69, 9.17) is 28.4 Å². The largest absolute Gasteiger partial charge is 0.459 e. The molecule has 1 unspecified atom stereocenters. The van der Waals surface area contributed by atoms with E-state index in [1.54, 1.807) is 41.5 Å². The third-order valence-corrected chi connectivity index (χ3v) is 12.2. The Morgan fingerprint density at radius 1 is 0.942 bits per heavy atom. The molecule has 0 bridgehead atoms. The number of esters is 1. The number of cyclic esters (lactones) is 1. The summed E-state index contributed by atoms with van der Waals surface area (Å²) in [6, 6.07) is -0.808. The normalized spacial score (nSPS) is 49.6. The Balaban J connectivity index is 2.17. The first-order valence-corrected chi connectivity index (χ1v) is 19.1. The number of methoxy groups -OCH3 is 1. The minimum atomic E-state index is -1.80. The SMILES string of the molecule is CC[C@H]1OC(=O)[C@H](C)[C@@H](O[C@H]2C[C@@](C)(OC)[C@@H](O)[C@H](C)O2)[C@H](C)[C@@H](O[C@@H]2O[C@H](C)C[C@H](N(C)C)C2O)[C@](C)(O)C[C@@H](C)CN(C)[C@H](C)[C@@H](O)[C@]1(C)O. The molecule has 306 valence electrons. The van der Waals surface area contributed by atoms with E-state index in [1.165, 1.54) is 14.0 Å². The van der Waals surface area contributed by atoms with Crippen molar-refractivity contribution in [1.29, 1.82) is 0 Å². The number of likely N-dealkylation sites (N-methyl/N-ethyl adjacent to an activating group) is 2. The lowest BCUT2D eigenvalue weighted by Gasteiger charge is -2.48. The van der Waals surface area contributed by atoms with Crippen molar-refractivity contribution in [2.75, 3.05) is 34.8 Å². The summed E-state index contributed by atoms with van der Waals surface area (Å²) in [5.41, 5.74) is -4.37. The summed E-state index contributed by atoms with van der Waals surface area (Å²) in [5.74, 6) is -2.58. The molecule has 0 aromatic rings. The topological polar surface area (TPSA) is 180 Å². The van der Waals surface area contributed by atoms with Gasteiger partial charge >= 0.3 is 5.97 Å². The monoisotopic (exact) mass is 749 g/mol. The molecule has 0 aromatic carbocycles. The summed E-state index contributed by atoms with van der Waals surface area (Å²) in [4.78, 5) is 18.0. The van der Waals surface area contributed by atoms with E-state index < -0.39 is 96.0 Å². The molecule has 3 fully saturated rings. The molecule has 3 aliphatic rings. The molecule has 0 saturated carbocycles. The van der Waals surface area contributed by atoms with Gasteiger partial charge in [-0.2, -0.15) is 0 Å². The average molecular weight is 749 g/mol. The predicted molar refractivity (Wildman–Crippen MR) is 194 cm³/mol. The molecule has 0 aliphatic carbocycles. The minimum Gasteiger partial charge on any atom is -0.459 e. The standard InChI is InChI=1S/C38H72N2O12/c1-15-27-38(10,46)31(42)24(6)40(13)19-20(2)17-36(8,45)33(52-35-29(41)26(39(11)12)16-21(3)48-35)22(4)30(23(5)34(44)50-27)51-28-18-37(9,47-14)32(43)25(7)49-28/h20-33,35,41-43,45-46H,15-19H2,1-14H3/t20-,21-,22+,23-,24-,25+,26+,27-,28+,29?,30+,31-,32+,33-,35+,36-,37-,38-/m1/s1. The fourth-order valence-electron chi connectivity index (χ4n) is 8.74. The Hall–Kier alpha value is -1.01. The van der Waals surface area contributed by atoms with Gasteiger partial charge in [0.15, 0.2) is 12.6 Å². The maximum Gasteiger partial charge on any atom is 0.311 e. The molecule has 0 radical (unpaired) electrons. The molecule has 14 heteroatoms. The van der Waals surface area contributed by atoms with E-state index in [2.05, 4.69) is 0 Å². The number of nitrogens with zero attached hydrogens (tertiary/aromatic N) is 2. The van der Waals surface area contributed by atoms with Crippen LogP contribution in [0, 0.1) is 17.8 Å². The molecule has 5 N–H and O–H groups in total. The summed E-state index contributed by atoms with van der Waals surface area (Å²) in [7, 11) is 7.12. The summed E-state index contributed by atoms with van der Waals surface area (Å²) < 4.78 is 37.5. The van der Waals surface area contributed by atoms with Gasteiger partial charge in [-0.25, -0.2) is 0 Å². The molecule has 3 saturated heterocycles. The van der Waals surface area contributed by atoms with Crippen LogP contribution < -0.4 is 0 Å². The number of ether oxygens (including phenoxy) is 6. The quantitative estimate of drug-likeness (QED) is 0.238. The number of aliphatic hydroxyl groups excluding tert-OH is 3. The first-order valence-electron chi connectivity index (χ1n) is 19.1. The smallest absolute Gasteiger partial charge is 0.311 e. The molecule has 0 spiro atoms. The van der Waals surface area contributed by atoms with E-state index in [0.29, 0.717) is 13.0 Å². The van der Waals surface area contributed by atoms with Crippen molar-refractivity contribution in [2.45, 2.75) is 185 Å². The number of hydrogen-bond donors (Lipinski definition) is 5. The first-order chi connectivity index (χ1) is 23.9. The fraction of sp³-hybridized carbons (Fsp3) is 0.974. The maximum absolute atomic E-state index is 14.2. The van der Waals surface area contributed by atoms with E-state index in [9.17, 15) is 30.3 Å². The van der Waals surface area contributed by atoms with Crippen LogP contribution in [0.5, 0.6) is 0 Å². The number of rotatable bonds is 7. The van der Waals surface area contributed by atoms with Gasteiger partial charge in [-0.05, 0) is 94.8 Å². The molecule has 0 aromatic heterocycles. The fourth-order valence-corrected chi connectivity index (χ4v) is 8.74. The van der Waals surface area contributed by atoms with E-state index in [-0.39, 0.29) is 37.3 Å². The van der Waals surface area contributed by atoms with E-state index in [0.717, 1.165) is 0 Å². The highest BCUT2D eigenvalue weighted by Gasteiger charge is 2.52. The van der Waals surface area contributed by atoms with Crippen molar-refractivity contribution in [3.63, 3.8) is 0 Å². The van der Waals surface area contributed by atoms with Crippen LogP contribution in [-0.4, -0.2) is 166 Å². The van der Waals surface area contributed by atoms with Crippen LogP contribution in [0.2, 0.25) is 0 Å². The van der Waals surface area contributed by atoms with Gasteiger partial charge in [-0.1, -0.05) is 20.8 Å². The van der Waals surface area contributed by atoms with Gasteiger partial charge < -0.3 is 63.8 Å². The molecule has 0 amide bonds. The summed E-state index contributed by atoms with van der Waals surface area (Å²) in [6.45, 7) is 18.0. The molecule has 18 atom stereocenters. The Bertz CT molecular complexity index is 1140. The molecular formula is C38H72N2O12. The summed E-state index contributed by atoms with van der Waals surface area (Å²) in [6.07, 6.45) is -8.19. The molecular weight excluding hydrogens is 676 g/mol. The van der Waals surface area contributed by atoms with Gasteiger partial charge in [0.2, 0.25) is 0 Å². The second-order valence-corrected chi connectivity index (χ2v) is 17.2. The van der Waals surface area contributed by atoms with Crippen molar-refractivity contribution < 1.29 is 58.7 Å². The van der Waals surface area contributed by atoms with Crippen molar-refractivity contribution >= 4 is 5.97 Å². The van der Waals surface area contributed by atoms with Crippen LogP contribution in [0.1, 0.15) is 94.9 Å². The zero-order valence-electron chi connectivity index (χ0n) is 34.2. The van der Waals surface area contributed by atoms with Gasteiger partial charge in [0.1, 0.15) is 30.0 Å². The second kappa shape index (κ2) is 17.8. The molecule has 3 heterocycles. The van der Waals surface area contributed by atoms with Gasteiger partial charge in [-0.15, -0.1) is 0 Å². The summed E-state index contributed by atoms with van der Waals surface area (Å²) >= 11 is 0. The van der Waals surface area contributed by atoms with Gasteiger partial charge in [-0.3, -0.25) is 4.79 Å². The molecule has 14 nitrogen and oxygen atoms in total. The Labute approximate surface area is 312 Å². The van der Waals surface area contributed by atoms with Crippen LogP contribution in [0.4, 0.5) is 0 Å². The second-order valence-electron chi connectivity index (χ2n) is 17.2. The van der Waals surface area contributed by atoms with Crippen molar-refractivity contribution in [1.82, 2.24) is 9.80 Å². The summed E-state index contributed by atoms with van der Waals surface area (Å²) in [5, 5.41) is 58.1. The Morgan fingerprint density at radius 3 is 2.12 bits per heavy atom. The number of carbonyl (C=O) groups excluding carboxylic acids is 1. The third kappa shape index (κ3) is 10.0. The highest BCUT2D eigenvalue weighted by molar-refractivity contribution is 5.73. The zero-order valence-corrected chi connectivity index (χ0v) is 34.2. The van der Waals surface area contributed by atoms with Gasteiger partial charge in [0.25, 0.3) is 0 Å². The lowest BCUT2D eigenvalue weighted by atomic mass is 9.77. The van der Waals surface area contributed by atoms with Gasteiger partial charge in [0.05, 0.1) is 41.5 Å². The average Bonchev–Trinajstić information content (AvgIpc) is 3.05. The Kier molecular flexibility index (Phi) is 15.6. The molecule has 3 rings (SSSR count). The minimum absolute atomic E-state index is 0.133. The number of aliphatic hydroxyl groups is 5. The van der Waals surface area contributed by atoms with Crippen molar-refractivity contribution in [2.24, 2.45) is 17.8 Å². The number of hydrogen-bond acceptors (Lipinski definition) is 14. The third-order valence-electron chi connectivity index (χ3n) is 12.2. The predicted octanol–water partition coefficient (Wildman–Crippen LogP) is 1.90. The lowest BCUT2D eigenvalue weighted by molar-refractivity contribution is -0.318. The van der Waals surface area contributed by atoms with Crippen LogP contribution >= 0.6 is 0 Å². The van der Waals surface area contributed by atoms with Crippen molar-refractivity contribution in [3.8, 4) is 0 Å². The lowest BCUT2D eigenvalue weighted by Crippen LogP contribution is -2.60. The zero-order chi connectivity index (χ0) is 39.7. The number of carbonyl (C=O) groups is 1. The van der Waals surface area contributed by atoms with Crippen LogP contribution in [0.25, 0.3) is 0 Å². The highest BCUT2D eigenvalue weighted by atomic mass is 16.7. The van der Waals surface area contributed by atoms with Crippen LogP contribution in [0.15, 0.2) is 0 Å². The highest BCUT2D eigenvalue weighted by Crippen LogP contribution is 2.40. The first kappa shape index (κ1) is 45.4. The van der Waals surface area contributed by atoms with Crippen LogP contribution in [0.3, 0.4) is 0 Å². The van der Waals surface area contributed by atoms with E-state index >= 15 is 0 Å². The van der Waals surface area contributed by atoms with Crippen LogP contribution in [-0.2, 0) is 33.2 Å². The van der Waals surface area contributed by atoms with Gasteiger partial charge in [0, 0.05) is 38.1 Å². The van der Waals surface area contributed by atoms with E-state index in [1.807, 2.05) is 51.7 Å². The maximum atomic E-state index is 14.2.